The third-order valence-electron chi connectivity index (χ3n) is 4.08. The first-order valence-electron chi connectivity index (χ1n) is 7.74. The third-order valence-corrected chi connectivity index (χ3v) is 4.08. The van der Waals surface area contributed by atoms with Gasteiger partial charge < -0.3 is 14.4 Å². The minimum atomic E-state index is -0.970. The molecule has 1 aliphatic rings. The molecule has 0 bridgehead atoms. The fourth-order valence-electron chi connectivity index (χ4n) is 3.07. The molecule has 8 nitrogen and oxygen atoms in total. The second-order valence-corrected chi connectivity index (χ2v) is 5.75. The predicted octanol–water partition coefficient (Wildman–Crippen LogP) is 2.30. The molecule has 130 valence electrons. The molecule has 1 N–H and O–H groups in total. The molecular weight excluding hydrogens is 324 g/mol. The molecular formula is C17H18N4O4. The smallest absolute Gasteiger partial charge is 0.313 e. The van der Waals surface area contributed by atoms with Crippen LogP contribution in [0.1, 0.15) is 37.2 Å². The lowest BCUT2D eigenvalue weighted by atomic mass is 9.77. The van der Waals surface area contributed by atoms with Crippen LogP contribution in [0.4, 0.5) is 0 Å². The Hall–Kier alpha value is -2.87. The Morgan fingerprint density at radius 1 is 1.36 bits per heavy atom. The lowest BCUT2D eigenvalue weighted by Gasteiger charge is -2.29. The Morgan fingerprint density at radius 2 is 2.16 bits per heavy atom. The van der Waals surface area contributed by atoms with Gasteiger partial charge in [0.2, 0.25) is 5.82 Å². The topological polar surface area (TPSA) is 111 Å². The Kier molecular flexibility index (Phi) is 4.71. The Balaban J connectivity index is 2.16. The number of nitrogens with zero attached hydrogens (tertiary/aromatic N) is 4. The molecule has 1 aliphatic heterocycles. The molecule has 2 aromatic rings. The summed E-state index contributed by atoms with van der Waals surface area (Å²) < 4.78 is 10.2. The number of allylic oxidation sites excluding steroid dienone is 2. The van der Waals surface area contributed by atoms with Crippen molar-refractivity contribution in [3.8, 4) is 0 Å². The van der Waals surface area contributed by atoms with Crippen LogP contribution in [0, 0.1) is 5.92 Å². The van der Waals surface area contributed by atoms with E-state index < -0.39 is 17.8 Å². The van der Waals surface area contributed by atoms with Crippen molar-refractivity contribution in [3.63, 3.8) is 0 Å². The van der Waals surface area contributed by atoms with Crippen molar-refractivity contribution in [1.29, 1.82) is 0 Å². The van der Waals surface area contributed by atoms with Crippen LogP contribution in [0.15, 0.2) is 39.6 Å². The Labute approximate surface area is 144 Å². The number of hydrogen-bond acceptors (Lipinski definition) is 7. The minimum Gasteiger partial charge on any atom is -0.481 e. The second kappa shape index (κ2) is 6.94. The van der Waals surface area contributed by atoms with E-state index in [1.165, 1.54) is 7.11 Å². The highest BCUT2D eigenvalue weighted by Gasteiger charge is 2.41. The SMILES string of the molecule is COCc1nc(C2=C(C)N=C(C)C(C(=O)O)C2c2ccccn2)no1. The fraction of sp³-hybridized carbons (Fsp3) is 0.353. The van der Waals surface area contributed by atoms with Crippen LogP contribution in [0.3, 0.4) is 0 Å². The van der Waals surface area contributed by atoms with Gasteiger partial charge in [0.15, 0.2) is 0 Å². The molecule has 0 saturated carbocycles. The number of pyridine rings is 1. The molecule has 2 aromatic heterocycles. The maximum absolute atomic E-state index is 11.9. The molecule has 3 heterocycles. The van der Waals surface area contributed by atoms with Crippen molar-refractivity contribution >= 4 is 17.3 Å². The first kappa shape index (κ1) is 17.0. The van der Waals surface area contributed by atoms with E-state index in [2.05, 4.69) is 20.1 Å². The van der Waals surface area contributed by atoms with Crippen LogP contribution in [0.2, 0.25) is 0 Å². The highest BCUT2D eigenvalue weighted by molar-refractivity contribution is 6.05. The summed E-state index contributed by atoms with van der Waals surface area (Å²) in [5, 5.41) is 13.8. The summed E-state index contributed by atoms with van der Waals surface area (Å²) in [6.45, 7) is 3.69. The molecule has 3 rings (SSSR count). The van der Waals surface area contributed by atoms with Gasteiger partial charge in [-0.3, -0.25) is 14.8 Å². The number of ether oxygens (including phenoxy) is 1. The van der Waals surface area contributed by atoms with Gasteiger partial charge in [0.25, 0.3) is 5.89 Å². The van der Waals surface area contributed by atoms with Crippen molar-refractivity contribution < 1.29 is 19.2 Å². The zero-order valence-corrected chi connectivity index (χ0v) is 14.1. The molecule has 2 unspecified atom stereocenters. The summed E-state index contributed by atoms with van der Waals surface area (Å²) >= 11 is 0. The molecule has 0 fully saturated rings. The number of carbonyl (C=O) groups is 1. The van der Waals surface area contributed by atoms with E-state index in [0.29, 0.717) is 34.4 Å². The molecule has 0 spiro atoms. The van der Waals surface area contributed by atoms with Gasteiger partial charge in [-0.05, 0) is 26.0 Å². The van der Waals surface area contributed by atoms with Gasteiger partial charge in [-0.1, -0.05) is 11.2 Å². The van der Waals surface area contributed by atoms with Gasteiger partial charge in [0, 0.05) is 36.0 Å². The summed E-state index contributed by atoms with van der Waals surface area (Å²) in [5.41, 5.74) is 2.39. The van der Waals surface area contributed by atoms with E-state index in [1.54, 1.807) is 32.2 Å². The standard InChI is InChI=1S/C17H18N4O4/c1-9-13(16-20-12(8-24-3)25-21-16)15(11-6-4-5-7-18-11)14(17(22)23)10(2)19-9/h4-7,14-15H,8H2,1-3H3,(H,22,23). The van der Waals surface area contributed by atoms with E-state index in [1.807, 2.05) is 6.07 Å². The van der Waals surface area contributed by atoms with Crippen molar-refractivity contribution in [2.75, 3.05) is 7.11 Å². The molecule has 0 aromatic carbocycles. The number of aliphatic imine (C=N–C) groups is 1. The average Bonchev–Trinajstić information content (AvgIpc) is 3.03. The normalized spacial score (nSPS) is 20.5. The number of carboxylic acid groups (broad SMARTS) is 1. The molecule has 0 radical (unpaired) electrons. The van der Waals surface area contributed by atoms with Gasteiger partial charge in [-0.2, -0.15) is 4.98 Å². The lowest BCUT2D eigenvalue weighted by Crippen LogP contribution is -2.33. The summed E-state index contributed by atoms with van der Waals surface area (Å²) in [5.74, 6) is -1.75. The third kappa shape index (κ3) is 3.20. The Morgan fingerprint density at radius 3 is 2.80 bits per heavy atom. The van der Waals surface area contributed by atoms with Gasteiger partial charge in [-0.15, -0.1) is 0 Å². The molecule has 25 heavy (non-hydrogen) atoms. The van der Waals surface area contributed by atoms with Crippen molar-refractivity contribution in [1.82, 2.24) is 15.1 Å². The summed E-state index contributed by atoms with van der Waals surface area (Å²) in [6.07, 6.45) is 1.63. The first-order valence-corrected chi connectivity index (χ1v) is 7.74. The van der Waals surface area contributed by atoms with Crippen molar-refractivity contribution in [2.45, 2.75) is 26.4 Å². The van der Waals surface area contributed by atoms with E-state index in [-0.39, 0.29) is 6.61 Å². The van der Waals surface area contributed by atoms with Crippen LogP contribution in [-0.2, 0) is 16.1 Å². The number of aromatic nitrogens is 3. The van der Waals surface area contributed by atoms with Crippen LogP contribution in [-0.4, -0.2) is 39.0 Å². The van der Waals surface area contributed by atoms with Crippen molar-refractivity contribution in [2.24, 2.45) is 10.9 Å². The average molecular weight is 342 g/mol. The Bertz CT molecular complexity index is 841. The molecule has 0 saturated heterocycles. The van der Waals surface area contributed by atoms with Crippen molar-refractivity contribution in [3.05, 3.63) is 47.5 Å². The fourth-order valence-corrected chi connectivity index (χ4v) is 3.07. The van der Waals surface area contributed by atoms with E-state index in [9.17, 15) is 9.90 Å². The number of aliphatic carboxylic acids is 1. The minimum absolute atomic E-state index is 0.179. The highest BCUT2D eigenvalue weighted by atomic mass is 16.5. The monoisotopic (exact) mass is 342 g/mol. The van der Waals surface area contributed by atoms with Crippen LogP contribution in [0.5, 0.6) is 0 Å². The zero-order valence-electron chi connectivity index (χ0n) is 14.1. The first-order chi connectivity index (χ1) is 12.0. The number of rotatable bonds is 5. The van der Waals surface area contributed by atoms with Crippen LogP contribution >= 0.6 is 0 Å². The van der Waals surface area contributed by atoms with Gasteiger partial charge >= 0.3 is 5.97 Å². The van der Waals surface area contributed by atoms with Gasteiger partial charge in [0.05, 0.1) is 5.92 Å². The molecule has 2 atom stereocenters. The number of methoxy groups -OCH3 is 1. The summed E-state index contributed by atoms with van der Waals surface area (Å²) in [6, 6.07) is 5.40. The van der Waals surface area contributed by atoms with E-state index in [0.717, 1.165) is 0 Å². The quantitative estimate of drug-likeness (QED) is 0.887. The van der Waals surface area contributed by atoms with Crippen LogP contribution < -0.4 is 0 Å². The largest absolute Gasteiger partial charge is 0.481 e. The molecule has 0 amide bonds. The van der Waals surface area contributed by atoms with Gasteiger partial charge in [-0.25, -0.2) is 0 Å². The molecule has 0 aliphatic carbocycles. The summed E-state index contributed by atoms with van der Waals surface area (Å²) in [7, 11) is 1.53. The number of carboxylic acids is 1. The maximum Gasteiger partial charge on any atom is 0.313 e. The highest BCUT2D eigenvalue weighted by Crippen LogP contribution is 2.42. The zero-order chi connectivity index (χ0) is 18.0. The van der Waals surface area contributed by atoms with Crippen LogP contribution in [0.25, 0.3) is 5.57 Å². The summed E-state index contributed by atoms with van der Waals surface area (Å²) in [4.78, 5) is 25.0. The second-order valence-electron chi connectivity index (χ2n) is 5.75. The van der Waals surface area contributed by atoms with Gasteiger partial charge in [0.1, 0.15) is 12.5 Å². The van der Waals surface area contributed by atoms with E-state index >= 15 is 0 Å². The lowest BCUT2D eigenvalue weighted by molar-refractivity contribution is -0.139. The maximum atomic E-state index is 11.9. The van der Waals surface area contributed by atoms with E-state index in [4.69, 9.17) is 9.26 Å². The predicted molar refractivity (Wildman–Crippen MR) is 88.8 cm³/mol. The number of hydrogen-bond donors (Lipinski definition) is 1. The molecule has 8 heteroatoms.